The van der Waals surface area contributed by atoms with Crippen molar-refractivity contribution >= 4 is 22.7 Å². The topological polar surface area (TPSA) is 38.0 Å². The molecule has 3 N–H and O–H groups in total. The molecule has 0 aliphatic heterocycles. The van der Waals surface area contributed by atoms with E-state index in [9.17, 15) is 0 Å². The van der Waals surface area contributed by atoms with Gasteiger partial charge in [0.2, 0.25) is 0 Å². The van der Waals surface area contributed by atoms with Crippen LogP contribution in [0.25, 0.3) is 0 Å². The number of rotatable bonds is 6. The van der Waals surface area contributed by atoms with Crippen LogP contribution in [-0.2, 0) is 6.42 Å². The Bertz CT molecular complexity index is 434. The minimum atomic E-state index is 0.292. The molecule has 2 nitrogen and oxygen atoms in total. The maximum atomic E-state index is 5.63. The maximum Gasteiger partial charge on any atom is 0.0468 e. The summed E-state index contributed by atoms with van der Waals surface area (Å²) in [6, 6.07) is 6.82. The summed E-state index contributed by atoms with van der Waals surface area (Å²) in [5.41, 5.74) is 4.24. The summed E-state index contributed by atoms with van der Waals surface area (Å²) in [5, 5.41) is 4.33. The lowest BCUT2D eigenvalue weighted by Gasteiger charge is -2.13. The molecule has 0 spiro atoms. The van der Waals surface area contributed by atoms with Gasteiger partial charge in [-0.1, -0.05) is 6.07 Å². The molecule has 2 heterocycles. The molecular formula is C13H18N2S2. The minimum absolute atomic E-state index is 0.292. The van der Waals surface area contributed by atoms with Gasteiger partial charge in [-0.25, -0.2) is 0 Å². The lowest BCUT2D eigenvalue weighted by atomic mass is 10.0. The molecule has 0 aliphatic rings. The van der Waals surface area contributed by atoms with Crippen molar-refractivity contribution in [2.75, 3.05) is 0 Å². The third-order valence-electron chi connectivity index (χ3n) is 2.85. The van der Waals surface area contributed by atoms with Crippen molar-refractivity contribution in [1.82, 2.24) is 5.43 Å². The molecule has 0 amide bonds. The Kier molecular flexibility index (Phi) is 4.74. The second-order valence-corrected chi connectivity index (χ2v) is 6.33. The summed E-state index contributed by atoms with van der Waals surface area (Å²) in [5.74, 6) is 5.63. The zero-order chi connectivity index (χ0) is 12.1. The number of nitrogens with one attached hydrogen (secondary N) is 1. The number of hydrogen-bond acceptors (Lipinski definition) is 4. The quantitative estimate of drug-likeness (QED) is 0.619. The van der Waals surface area contributed by atoms with E-state index in [4.69, 9.17) is 5.84 Å². The molecule has 1 atom stereocenters. The summed E-state index contributed by atoms with van der Waals surface area (Å²) in [6.07, 6.45) is 3.41. The van der Waals surface area contributed by atoms with Gasteiger partial charge < -0.3 is 0 Å². The van der Waals surface area contributed by atoms with E-state index in [2.05, 4.69) is 41.3 Å². The number of aryl methyl sites for hydroxylation is 2. The van der Waals surface area contributed by atoms with Gasteiger partial charge in [-0.05, 0) is 54.6 Å². The molecule has 0 aromatic carbocycles. The lowest BCUT2D eigenvalue weighted by molar-refractivity contribution is 0.500. The van der Waals surface area contributed by atoms with Crippen molar-refractivity contribution in [2.45, 2.75) is 32.2 Å². The Morgan fingerprint density at radius 1 is 1.41 bits per heavy atom. The predicted octanol–water partition coefficient (Wildman–Crippen LogP) is 3.65. The van der Waals surface area contributed by atoms with Gasteiger partial charge in [-0.15, -0.1) is 22.7 Å². The first kappa shape index (κ1) is 12.8. The van der Waals surface area contributed by atoms with Crippen LogP contribution in [0.4, 0.5) is 0 Å². The monoisotopic (exact) mass is 266 g/mol. The molecule has 1 unspecified atom stereocenters. The van der Waals surface area contributed by atoms with Crippen LogP contribution < -0.4 is 11.3 Å². The molecule has 0 aliphatic carbocycles. The van der Waals surface area contributed by atoms with Gasteiger partial charge in [-0.2, -0.15) is 0 Å². The molecule has 0 fully saturated rings. The van der Waals surface area contributed by atoms with Gasteiger partial charge in [0, 0.05) is 15.8 Å². The van der Waals surface area contributed by atoms with Crippen molar-refractivity contribution in [3.05, 3.63) is 44.3 Å². The van der Waals surface area contributed by atoms with Gasteiger partial charge in [-0.3, -0.25) is 11.3 Å². The van der Waals surface area contributed by atoms with Crippen molar-refractivity contribution in [1.29, 1.82) is 0 Å². The smallest absolute Gasteiger partial charge is 0.0468 e. The van der Waals surface area contributed by atoms with Crippen molar-refractivity contribution in [3.63, 3.8) is 0 Å². The first-order valence-corrected chi connectivity index (χ1v) is 7.59. The van der Waals surface area contributed by atoms with Crippen LogP contribution in [0.2, 0.25) is 0 Å². The highest BCUT2D eigenvalue weighted by Crippen LogP contribution is 2.24. The van der Waals surface area contributed by atoms with Crippen LogP contribution in [0.1, 0.15) is 34.2 Å². The van der Waals surface area contributed by atoms with E-state index in [0.29, 0.717) is 6.04 Å². The molecule has 2 aromatic heterocycles. The average molecular weight is 266 g/mol. The standard InChI is InChI=1S/C13H18N2S2/c1-10-8-11(9-17-10)13(15-14)6-2-4-12-5-3-7-16-12/h3,5,7-9,13,15H,2,4,6,14H2,1H3. The molecule has 0 radical (unpaired) electrons. The molecule has 0 saturated carbocycles. The molecule has 2 rings (SSSR count). The Labute approximate surface area is 110 Å². The second kappa shape index (κ2) is 6.31. The van der Waals surface area contributed by atoms with E-state index in [-0.39, 0.29) is 0 Å². The fraction of sp³-hybridized carbons (Fsp3) is 0.385. The molecule has 17 heavy (non-hydrogen) atoms. The number of hydrazine groups is 1. The van der Waals surface area contributed by atoms with Crippen LogP contribution in [0.5, 0.6) is 0 Å². The number of hydrogen-bond donors (Lipinski definition) is 2. The lowest BCUT2D eigenvalue weighted by Crippen LogP contribution is -2.27. The highest BCUT2D eigenvalue weighted by Gasteiger charge is 2.10. The van der Waals surface area contributed by atoms with Gasteiger partial charge in [0.05, 0.1) is 0 Å². The van der Waals surface area contributed by atoms with E-state index in [1.165, 1.54) is 21.7 Å². The van der Waals surface area contributed by atoms with Gasteiger partial charge >= 0.3 is 0 Å². The average Bonchev–Trinajstić information content (AvgIpc) is 2.96. The molecule has 4 heteroatoms. The fourth-order valence-electron chi connectivity index (χ4n) is 1.93. The van der Waals surface area contributed by atoms with E-state index < -0.39 is 0 Å². The zero-order valence-electron chi connectivity index (χ0n) is 9.98. The number of nitrogens with two attached hydrogens (primary N) is 1. The number of thiophene rings is 2. The van der Waals surface area contributed by atoms with Crippen LogP contribution in [0.3, 0.4) is 0 Å². The Hall–Kier alpha value is -0.680. The first-order chi connectivity index (χ1) is 8.29. The summed E-state index contributed by atoms with van der Waals surface area (Å²) in [4.78, 5) is 2.81. The van der Waals surface area contributed by atoms with Crippen LogP contribution in [0, 0.1) is 6.92 Å². The third-order valence-corrected chi connectivity index (χ3v) is 4.67. The Balaban J connectivity index is 1.84. The first-order valence-electron chi connectivity index (χ1n) is 5.83. The fourth-order valence-corrected chi connectivity index (χ4v) is 3.44. The van der Waals surface area contributed by atoms with E-state index in [1.807, 2.05) is 11.3 Å². The molecule has 0 saturated heterocycles. The van der Waals surface area contributed by atoms with E-state index in [0.717, 1.165) is 12.8 Å². The van der Waals surface area contributed by atoms with Gasteiger partial charge in [0.1, 0.15) is 0 Å². The summed E-state index contributed by atoms with van der Waals surface area (Å²) < 4.78 is 0. The van der Waals surface area contributed by atoms with Crippen LogP contribution in [-0.4, -0.2) is 0 Å². The summed E-state index contributed by atoms with van der Waals surface area (Å²) in [6.45, 7) is 2.13. The van der Waals surface area contributed by atoms with Gasteiger partial charge in [0.15, 0.2) is 0 Å². The Morgan fingerprint density at radius 3 is 2.88 bits per heavy atom. The Morgan fingerprint density at radius 2 is 2.29 bits per heavy atom. The van der Waals surface area contributed by atoms with Gasteiger partial charge in [0.25, 0.3) is 0 Å². The highest BCUT2D eigenvalue weighted by atomic mass is 32.1. The van der Waals surface area contributed by atoms with E-state index >= 15 is 0 Å². The second-order valence-electron chi connectivity index (χ2n) is 4.18. The largest absolute Gasteiger partial charge is 0.271 e. The minimum Gasteiger partial charge on any atom is -0.271 e. The summed E-state index contributed by atoms with van der Waals surface area (Å²) in [7, 11) is 0. The van der Waals surface area contributed by atoms with Crippen molar-refractivity contribution in [3.8, 4) is 0 Å². The van der Waals surface area contributed by atoms with Crippen molar-refractivity contribution < 1.29 is 0 Å². The maximum absolute atomic E-state index is 5.63. The van der Waals surface area contributed by atoms with Crippen LogP contribution >= 0.6 is 22.7 Å². The summed E-state index contributed by atoms with van der Waals surface area (Å²) >= 11 is 3.62. The molecule has 92 valence electrons. The van der Waals surface area contributed by atoms with Crippen LogP contribution in [0.15, 0.2) is 29.0 Å². The highest BCUT2D eigenvalue weighted by molar-refractivity contribution is 7.10. The SMILES string of the molecule is Cc1cc(C(CCCc2cccs2)NN)cs1. The normalized spacial score (nSPS) is 12.8. The van der Waals surface area contributed by atoms with E-state index in [1.54, 1.807) is 11.3 Å². The molecular weight excluding hydrogens is 248 g/mol. The van der Waals surface area contributed by atoms with Crippen molar-refractivity contribution in [2.24, 2.45) is 5.84 Å². The molecule has 2 aromatic rings. The predicted molar refractivity (Wildman–Crippen MR) is 76.4 cm³/mol. The zero-order valence-corrected chi connectivity index (χ0v) is 11.6. The third kappa shape index (κ3) is 3.64. The molecule has 0 bridgehead atoms.